The zero-order chi connectivity index (χ0) is 13.8. The van der Waals surface area contributed by atoms with Gasteiger partial charge in [0.1, 0.15) is 0 Å². The van der Waals surface area contributed by atoms with Crippen molar-refractivity contribution >= 4 is 5.91 Å². The zero-order valence-corrected chi connectivity index (χ0v) is 11.9. The van der Waals surface area contributed by atoms with Gasteiger partial charge < -0.3 is 10.6 Å². The normalized spacial score (nSPS) is 16.2. The minimum atomic E-state index is 0.251. The van der Waals surface area contributed by atoms with Gasteiger partial charge in [-0.2, -0.15) is 0 Å². The summed E-state index contributed by atoms with van der Waals surface area (Å²) in [5.74, 6) is 0.521. The van der Waals surface area contributed by atoms with Crippen LogP contribution < -0.4 is 5.73 Å². The van der Waals surface area contributed by atoms with Gasteiger partial charge in [-0.1, -0.05) is 36.8 Å². The Balaban J connectivity index is 2.00. The van der Waals surface area contributed by atoms with Gasteiger partial charge in [-0.05, 0) is 37.8 Å². The molecule has 2 rings (SSSR count). The summed E-state index contributed by atoms with van der Waals surface area (Å²) in [7, 11) is 0. The monoisotopic (exact) mass is 260 g/mol. The molecule has 0 aromatic heterocycles. The Kier molecular flexibility index (Phi) is 4.59. The van der Waals surface area contributed by atoms with Crippen LogP contribution in [0.3, 0.4) is 0 Å². The molecule has 1 aromatic rings. The fraction of sp³-hybridized carbons (Fsp3) is 0.562. The van der Waals surface area contributed by atoms with E-state index in [-0.39, 0.29) is 11.8 Å². The molecule has 0 heterocycles. The summed E-state index contributed by atoms with van der Waals surface area (Å²) >= 11 is 0. The molecule has 19 heavy (non-hydrogen) atoms. The zero-order valence-electron chi connectivity index (χ0n) is 11.9. The van der Waals surface area contributed by atoms with Gasteiger partial charge in [0.2, 0.25) is 5.91 Å². The third-order valence-corrected chi connectivity index (χ3v) is 3.71. The summed E-state index contributed by atoms with van der Waals surface area (Å²) in [5, 5.41) is 0. The molecule has 1 amide bonds. The first-order valence-electron chi connectivity index (χ1n) is 7.15. The van der Waals surface area contributed by atoms with E-state index >= 15 is 0 Å². The van der Waals surface area contributed by atoms with Crippen molar-refractivity contribution < 1.29 is 4.79 Å². The maximum atomic E-state index is 12.3. The summed E-state index contributed by atoms with van der Waals surface area (Å²) in [6.07, 6.45) is 2.86. The number of rotatable bonds is 6. The van der Waals surface area contributed by atoms with Crippen LogP contribution in [0.5, 0.6) is 0 Å². The van der Waals surface area contributed by atoms with Crippen LogP contribution in [0.15, 0.2) is 24.3 Å². The maximum absolute atomic E-state index is 12.3. The second-order valence-corrected chi connectivity index (χ2v) is 5.78. The summed E-state index contributed by atoms with van der Waals surface area (Å²) in [5.41, 5.74) is 8.08. The summed E-state index contributed by atoms with van der Waals surface area (Å²) < 4.78 is 0. The Morgan fingerprint density at radius 1 is 1.37 bits per heavy atom. The minimum Gasteiger partial charge on any atom is -0.335 e. The summed E-state index contributed by atoms with van der Waals surface area (Å²) in [4.78, 5) is 14.4. The van der Waals surface area contributed by atoms with Crippen molar-refractivity contribution in [1.82, 2.24) is 4.90 Å². The SMILES string of the molecule is Cc1ccc(CN(C(=O)CC(C)CN)C2CC2)cc1. The second kappa shape index (κ2) is 6.20. The van der Waals surface area contributed by atoms with Crippen LogP contribution in [-0.2, 0) is 11.3 Å². The van der Waals surface area contributed by atoms with Crippen molar-refractivity contribution in [1.29, 1.82) is 0 Å². The molecule has 1 aromatic carbocycles. The Morgan fingerprint density at radius 3 is 2.53 bits per heavy atom. The second-order valence-electron chi connectivity index (χ2n) is 5.78. The highest BCUT2D eigenvalue weighted by Gasteiger charge is 2.32. The van der Waals surface area contributed by atoms with Crippen molar-refractivity contribution in [3.63, 3.8) is 0 Å². The largest absolute Gasteiger partial charge is 0.335 e. The molecule has 0 spiro atoms. The number of aryl methyl sites for hydroxylation is 1. The number of hydrogen-bond donors (Lipinski definition) is 1. The van der Waals surface area contributed by atoms with Crippen molar-refractivity contribution in [3.05, 3.63) is 35.4 Å². The van der Waals surface area contributed by atoms with Crippen LogP contribution in [0, 0.1) is 12.8 Å². The molecule has 0 radical (unpaired) electrons. The molecule has 1 unspecified atom stereocenters. The molecule has 1 saturated carbocycles. The highest BCUT2D eigenvalue weighted by molar-refractivity contribution is 5.77. The number of nitrogens with two attached hydrogens (primary N) is 1. The number of nitrogens with zero attached hydrogens (tertiary/aromatic N) is 1. The highest BCUT2D eigenvalue weighted by Crippen LogP contribution is 2.29. The first kappa shape index (κ1) is 14.1. The molecule has 3 heteroatoms. The van der Waals surface area contributed by atoms with Gasteiger partial charge in [-0.3, -0.25) is 4.79 Å². The van der Waals surface area contributed by atoms with E-state index in [0.29, 0.717) is 19.0 Å². The molecular formula is C16H24N2O. The number of carbonyl (C=O) groups excluding carboxylic acids is 1. The van der Waals surface area contributed by atoms with E-state index in [9.17, 15) is 4.79 Å². The molecule has 1 fully saturated rings. The van der Waals surface area contributed by atoms with E-state index < -0.39 is 0 Å². The van der Waals surface area contributed by atoms with Gasteiger partial charge in [-0.15, -0.1) is 0 Å². The lowest BCUT2D eigenvalue weighted by Gasteiger charge is -2.24. The molecular weight excluding hydrogens is 236 g/mol. The molecule has 0 saturated heterocycles. The fourth-order valence-electron chi connectivity index (χ4n) is 2.20. The van der Waals surface area contributed by atoms with E-state index in [1.165, 1.54) is 11.1 Å². The van der Waals surface area contributed by atoms with Crippen LogP contribution in [0.25, 0.3) is 0 Å². The van der Waals surface area contributed by atoms with Gasteiger partial charge in [0, 0.05) is 19.0 Å². The molecule has 1 atom stereocenters. The molecule has 1 aliphatic carbocycles. The highest BCUT2D eigenvalue weighted by atomic mass is 16.2. The van der Waals surface area contributed by atoms with Crippen LogP contribution in [0.2, 0.25) is 0 Å². The van der Waals surface area contributed by atoms with Gasteiger partial charge in [-0.25, -0.2) is 0 Å². The average molecular weight is 260 g/mol. The Hall–Kier alpha value is -1.35. The van der Waals surface area contributed by atoms with E-state index in [2.05, 4.69) is 31.2 Å². The number of benzene rings is 1. The van der Waals surface area contributed by atoms with Gasteiger partial charge in [0.05, 0.1) is 0 Å². The van der Waals surface area contributed by atoms with Crippen molar-refractivity contribution in [3.8, 4) is 0 Å². The van der Waals surface area contributed by atoms with E-state index in [0.717, 1.165) is 19.4 Å². The minimum absolute atomic E-state index is 0.251. The lowest BCUT2D eigenvalue weighted by molar-refractivity contribution is -0.133. The first-order valence-corrected chi connectivity index (χ1v) is 7.15. The van der Waals surface area contributed by atoms with Crippen molar-refractivity contribution in [2.24, 2.45) is 11.7 Å². The van der Waals surface area contributed by atoms with Gasteiger partial charge in [0.25, 0.3) is 0 Å². The molecule has 2 N–H and O–H groups in total. The quantitative estimate of drug-likeness (QED) is 0.854. The number of carbonyl (C=O) groups is 1. The fourth-order valence-corrected chi connectivity index (χ4v) is 2.20. The molecule has 0 bridgehead atoms. The van der Waals surface area contributed by atoms with Crippen molar-refractivity contribution in [2.45, 2.75) is 45.7 Å². The van der Waals surface area contributed by atoms with Crippen LogP contribution in [-0.4, -0.2) is 23.4 Å². The lowest BCUT2D eigenvalue weighted by atomic mass is 10.1. The topological polar surface area (TPSA) is 46.3 Å². The van der Waals surface area contributed by atoms with Crippen LogP contribution in [0.1, 0.15) is 37.3 Å². The number of amides is 1. The van der Waals surface area contributed by atoms with E-state index in [4.69, 9.17) is 5.73 Å². The summed E-state index contributed by atoms with van der Waals surface area (Å²) in [6, 6.07) is 8.90. The standard InChI is InChI=1S/C16H24N2O/c1-12-3-5-14(6-4-12)11-18(15-7-8-15)16(19)9-13(2)10-17/h3-6,13,15H,7-11,17H2,1-2H3. The Labute approximate surface area is 115 Å². The van der Waals surface area contributed by atoms with E-state index in [1.807, 2.05) is 11.8 Å². The molecule has 1 aliphatic rings. The summed E-state index contributed by atoms with van der Waals surface area (Å²) in [6.45, 7) is 5.43. The molecule has 0 aliphatic heterocycles. The number of hydrogen-bond acceptors (Lipinski definition) is 2. The van der Waals surface area contributed by atoms with Crippen LogP contribution in [0.4, 0.5) is 0 Å². The Bertz CT molecular complexity index is 423. The smallest absolute Gasteiger partial charge is 0.223 e. The van der Waals surface area contributed by atoms with Gasteiger partial charge in [0.15, 0.2) is 0 Å². The Morgan fingerprint density at radius 2 is 2.00 bits per heavy atom. The third-order valence-electron chi connectivity index (χ3n) is 3.71. The van der Waals surface area contributed by atoms with Crippen LogP contribution >= 0.6 is 0 Å². The first-order chi connectivity index (χ1) is 9.10. The average Bonchev–Trinajstić information content (AvgIpc) is 3.22. The molecule has 104 valence electrons. The predicted molar refractivity (Wildman–Crippen MR) is 77.6 cm³/mol. The predicted octanol–water partition coefficient (Wildman–Crippen LogP) is 2.47. The maximum Gasteiger partial charge on any atom is 0.223 e. The molecule has 3 nitrogen and oxygen atoms in total. The van der Waals surface area contributed by atoms with Crippen molar-refractivity contribution in [2.75, 3.05) is 6.54 Å². The lowest BCUT2D eigenvalue weighted by Crippen LogP contribution is -2.34. The third kappa shape index (κ3) is 4.06. The van der Waals surface area contributed by atoms with Gasteiger partial charge >= 0.3 is 0 Å². The van der Waals surface area contributed by atoms with E-state index in [1.54, 1.807) is 0 Å².